The van der Waals surface area contributed by atoms with Crippen LogP contribution in [0.25, 0.3) is 0 Å². The van der Waals surface area contributed by atoms with Crippen molar-refractivity contribution in [2.75, 3.05) is 6.54 Å². The molecule has 2 fully saturated rings. The lowest BCUT2D eigenvalue weighted by Crippen LogP contribution is -2.37. The van der Waals surface area contributed by atoms with Crippen LogP contribution in [0.15, 0.2) is 12.4 Å². The number of nitrogens with one attached hydrogen (secondary N) is 1. The van der Waals surface area contributed by atoms with Gasteiger partial charge in [0, 0.05) is 32.4 Å². The molecule has 0 aromatic carbocycles. The Morgan fingerprint density at radius 2 is 2.41 bits per heavy atom. The lowest BCUT2D eigenvalue weighted by Gasteiger charge is -2.18. The maximum atomic E-state index is 12.0. The van der Waals surface area contributed by atoms with Crippen molar-refractivity contribution in [2.45, 2.75) is 49.9 Å². The number of aliphatic hydroxyl groups is 1. The summed E-state index contributed by atoms with van der Waals surface area (Å²) in [4.78, 5) is 16.1. The highest BCUT2D eigenvalue weighted by Gasteiger charge is 2.50. The standard InChI is InChI=1S/C14H22N4O4/c1-18-3-2-16-11(18)7-17-12(19)5-8-4-9-14(21-8)13(20)10(6-15)22-9/h2-3,8-10,13-14,20H,4-7,15H2,1H3,(H,17,19)/t8-,9+,10+,13+,14-/m0/s1. The number of aromatic nitrogens is 2. The van der Waals surface area contributed by atoms with Gasteiger partial charge in [-0.2, -0.15) is 0 Å². The molecular formula is C14H22N4O4. The van der Waals surface area contributed by atoms with E-state index in [1.807, 2.05) is 17.8 Å². The quantitative estimate of drug-likeness (QED) is 0.621. The molecule has 0 bridgehead atoms. The number of hydrogen-bond donors (Lipinski definition) is 3. The van der Waals surface area contributed by atoms with Gasteiger partial charge in [0.2, 0.25) is 5.91 Å². The summed E-state index contributed by atoms with van der Waals surface area (Å²) in [5.74, 6) is 0.694. The van der Waals surface area contributed by atoms with Gasteiger partial charge >= 0.3 is 0 Å². The third-order valence-electron chi connectivity index (χ3n) is 4.29. The molecule has 5 atom stereocenters. The van der Waals surface area contributed by atoms with Crippen LogP contribution in [0.2, 0.25) is 0 Å². The van der Waals surface area contributed by atoms with Gasteiger partial charge in [-0.15, -0.1) is 0 Å². The van der Waals surface area contributed by atoms with Crippen molar-refractivity contribution in [1.82, 2.24) is 14.9 Å². The highest BCUT2D eigenvalue weighted by Crippen LogP contribution is 2.35. The van der Waals surface area contributed by atoms with E-state index in [-0.39, 0.29) is 43.3 Å². The molecule has 122 valence electrons. The summed E-state index contributed by atoms with van der Waals surface area (Å²) in [6.45, 7) is 0.655. The average Bonchev–Trinajstić information content (AvgIpc) is 3.14. The van der Waals surface area contributed by atoms with Crippen molar-refractivity contribution < 1.29 is 19.4 Å². The van der Waals surface area contributed by atoms with Crippen molar-refractivity contribution in [3.63, 3.8) is 0 Å². The topological polar surface area (TPSA) is 112 Å². The lowest BCUT2D eigenvalue weighted by molar-refractivity contribution is -0.125. The number of carbonyl (C=O) groups excluding carboxylic acids is 1. The summed E-state index contributed by atoms with van der Waals surface area (Å²) in [7, 11) is 1.88. The minimum atomic E-state index is -0.712. The molecule has 8 nitrogen and oxygen atoms in total. The third kappa shape index (κ3) is 3.00. The molecule has 2 saturated heterocycles. The van der Waals surface area contributed by atoms with Crippen LogP contribution in [-0.4, -0.2) is 57.6 Å². The van der Waals surface area contributed by atoms with E-state index in [0.717, 1.165) is 5.82 Å². The summed E-state index contributed by atoms with van der Waals surface area (Å²) in [6.07, 6.45) is 2.52. The number of carbonyl (C=O) groups is 1. The second-order valence-electron chi connectivity index (χ2n) is 5.83. The molecule has 0 unspecified atom stereocenters. The third-order valence-corrected chi connectivity index (χ3v) is 4.29. The molecule has 22 heavy (non-hydrogen) atoms. The highest BCUT2D eigenvalue weighted by atomic mass is 16.6. The van der Waals surface area contributed by atoms with Gasteiger partial charge in [-0.1, -0.05) is 0 Å². The molecule has 1 amide bonds. The van der Waals surface area contributed by atoms with Crippen LogP contribution in [0.5, 0.6) is 0 Å². The number of hydrogen-bond acceptors (Lipinski definition) is 6. The molecule has 0 aliphatic carbocycles. The molecule has 3 heterocycles. The minimum absolute atomic E-state index is 0.0992. The Bertz CT molecular complexity index is 535. The summed E-state index contributed by atoms with van der Waals surface area (Å²) in [5.41, 5.74) is 5.53. The van der Waals surface area contributed by atoms with E-state index in [4.69, 9.17) is 15.2 Å². The van der Waals surface area contributed by atoms with E-state index in [1.54, 1.807) is 6.20 Å². The molecule has 4 N–H and O–H groups in total. The number of rotatable bonds is 5. The number of ether oxygens (including phenoxy) is 2. The number of nitrogens with two attached hydrogens (primary N) is 1. The van der Waals surface area contributed by atoms with Crippen LogP contribution < -0.4 is 11.1 Å². The van der Waals surface area contributed by atoms with Gasteiger partial charge in [-0.3, -0.25) is 4.79 Å². The molecule has 0 radical (unpaired) electrons. The van der Waals surface area contributed by atoms with Gasteiger partial charge in [0.15, 0.2) is 0 Å². The molecular weight excluding hydrogens is 288 g/mol. The zero-order valence-corrected chi connectivity index (χ0v) is 12.5. The van der Waals surface area contributed by atoms with Crippen LogP contribution in [0, 0.1) is 0 Å². The van der Waals surface area contributed by atoms with Crippen molar-refractivity contribution in [1.29, 1.82) is 0 Å². The summed E-state index contributed by atoms with van der Waals surface area (Å²) in [5, 5.41) is 12.9. The first kappa shape index (κ1) is 15.4. The SMILES string of the molecule is Cn1ccnc1CNC(=O)C[C@@H]1C[C@H]2O[C@H](CN)[C@@H](O)[C@H]2O1. The molecule has 1 aromatic heterocycles. The average molecular weight is 310 g/mol. The Morgan fingerprint density at radius 3 is 3.05 bits per heavy atom. The van der Waals surface area contributed by atoms with E-state index < -0.39 is 6.10 Å². The monoisotopic (exact) mass is 310 g/mol. The fourth-order valence-corrected chi connectivity index (χ4v) is 3.06. The van der Waals surface area contributed by atoms with Gasteiger partial charge in [-0.25, -0.2) is 4.98 Å². The molecule has 2 aliphatic rings. The first-order valence-corrected chi connectivity index (χ1v) is 7.50. The first-order valence-electron chi connectivity index (χ1n) is 7.50. The van der Waals surface area contributed by atoms with Crippen molar-refractivity contribution in [3.8, 4) is 0 Å². The molecule has 0 spiro atoms. The Balaban J connectivity index is 1.45. The predicted molar refractivity (Wildman–Crippen MR) is 76.7 cm³/mol. The van der Waals surface area contributed by atoms with Gasteiger partial charge in [0.25, 0.3) is 0 Å². The second kappa shape index (κ2) is 6.33. The number of imidazole rings is 1. The van der Waals surface area contributed by atoms with Crippen LogP contribution in [-0.2, 0) is 27.9 Å². The largest absolute Gasteiger partial charge is 0.388 e. The minimum Gasteiger partial charge on any atom is -0.388 e. The maximum Gasteiger partial charge on any atom is 0.222 e. The first-order chi connectivity index (χ1) is 10.6. The molecule has 2 aliphatic heterocycles. The molecule has 3 rings (SSSR count). The number of fused-ring (bicyclic) bond motifs is 1. The van der Waals surface area contributed by atoms with Gasteiger partial charge in [0.1, 0.15) is 18.0 Å². The van der Waals surface area contributed by atoms with Crippen molar-refractivity contribution >= 4 is 5.91 Å². The molecule has 8 heteroatoms. The number of aliphatic hydroxyl groups excluding tert-OH is 1. The smallest absolute Gasteiger partial charge is 0.222 e. The summed E-state index contributed by atoms with van der Waals surface area (Å²) < 4.78 is 13.3. The van der Waals surface area contributed by atoms with Gasteiger partial charge < -0.3 is 30.2 Å². The van der Waals surface area contributed by atoms with Gasteiger partial charge in [0.05, 0.1) is 31.3 Å². The predicted octanol–water partition coefficient (Wildman–Crippen LogP) is -1.33. The van der Waals surface area contributed by atoms with E-state index in [2.05, 4.69) is 10.3 Å². The summed E-state index contributed by atoms with van der Waals surface area (Å²) in [6, 6.07) is 0. The number of amides is 1. The number of nitrogens with zero attached hydrogens (tertiary/aromatic N) is 2. The normalized spacial score (nSPS) is 33.9. The maximum absolute atomic E-state index is 12.0. The van der Waals surface area contributed by atoms with Crippen LogP contribution in [0.1, 0.15) is 18.7 Å². The fourth-order valence-electron chi connectivity index (χ4n) is 3.06. The summed E-state index contributed by atoms with van der Waals surface area (Å²) >= 11 is 0. The van der Waals surface area contributed by atoms with E-state index >= 15 is 0 Å². The Morgan fingerprint density at radius 1 is 1.59 bits per heavy atom. The number of aryl methyl sites for hydroxylation is 1. The van der Waals surface area contributed by atoms with Gasteiger partial charge in [-0.05, 0) is 0 Å². The van der Waals surface area contributed by atoms with Crippen LogP contribution in [0.4, 0.5) is 0 Å². The Hall–Kier alpha value is -1.48. The molecule has 0 saturated carbocycles. The molecule has 1 aromatic rings. The van der Waals surface area contributed by atoms with E-state index in [0.29, 0.717) is 13.0 Å². The highest BCUT2D eigenvalue weighted by molar-refractivity contribution is 5.76. The fraction of sp³-hybridized carbons (Fsp3) is 0.714. The Labute approximate surface area is 128 Å². The zero-order chi connectivity index (χ0) is 15.7. The lowest BCUT2D eigenvalue weighted by atomic mass is 10.1. The van der Waals surface area contributed by atoms with Crippen LogP contribution >= 0.6 is 0 Å². The van der Waals surface area contributed by atoms with E-state index in [9.17, 15) is 9.90 Å². The van der Waals surface area contributed by atoms with Crippen molar-refractivity contribution in [3.05, 3.63) is 18.2 Å². The van der Waals surface area contributed by atoms with Crippen molar-refractivity contribution in [2.24, 2.45) is 12.8 Å². The van der Waals surface area contributed by atoms with E-state index in [1.165, 1.54) is 0 Å². The zero-order valence-electron chi connectivity index (χ0n) is 12.5. The Kier molecular flexibility index (Phi) is 4.44. The van der Waals surface area contributed by atoms with Crippen LogP contribution in [0.3, 0.4) is 0 Å². The second-order valence-corrected chi connectivity index (χ2v) is 5.83.